The molecule has 0 aliphatic heterocycles. The number of primary amides is 1. The topological polar surface area (TPSA) is 64.3 Å². The molecule has 3 N–H and O–H groups in total. The summed E-state index contributed by atoms with van der Waals surface area (Å²) in [6.45, 7) is 8.44. The molecule has 4 nitrogen and oxygen atoms in total. The molecule has 1 rings (SSSR count). The number of hydrogen-bond acceptors (Lipinski definition) is 3. The van der Waals surface area contributed by atoms with Crippen LogP contribution in [0.4, 0.5) is 0 Å². The van der Waals surface area contributed by atoms with Crippen LogP contribution in [0.15, 0.2) is 30.3 Å². The second-order valence-electron chi connectivity index (χ2n) is 5.60. The summed E-state index contributed by atoms with van der Waals surface area (Å²) in [6, 6.07) is 9.75. The van der Waals surface area contributed by atoms with Gasteiger partial charge in [0.2, 0.25) is 5.91 Å². The van der Waals surface area contributed by atoms with E-state index in [9.17, 15) is 4.79 Å². The van der Waals surface area contributed by atoms with Crippen LogP contribution in [0.3, 0.4) is 0 Å². The van der Waals surface area contributed by atoms with Crippen LogP contribution < -0.4 is 11.1 Å². The molecule has 1 atom stereocenters. The Morgan fingerprint density at radius 1 is 1.25 bits per heavy atom. The molecule has 0 bridgehead atoms. The molecule has 1 amide bonds. The maximum absolute atomic E-state index is 12.1. The van der Waals surface area contributed by atoms with E-state index in [0.29, 0.717) is 13.0 Å². The Kier molecular flexibility index (Phi) is 6.17. The molecule has 0 heterocycles. The van der Waals surface area contributed by atoms with Gasteiger partial charge in [-0.25, -0.2) is 0 Å². The smallest absolute Gasteiger partial charge is 0.242 e. The number of amides is 1. The molecule has 0 fully saturated rings. The summed E-state index contributed by atoms with van der Waals surface area (Å²) in [4.78, 5) is 12.1. The molecular formula is C16H26N2O2. The molecule has 0 spiro atoms. The highest BCUT2D eigenvalue weighted by atomic mass is 16.5. The maximum Gasteiger partial charge on any atom is 0.242 e. The predicted molar refractivity (Wildman–Crippen MR) is 81.3 cm³/mol. The van der Waals surface area contributed by atoms with Gasteiger partial charge < -0.3 is 10.5 Å². The van der Waals surface area contributed by atoms with Crippen molar-refractivity contribution in [2.75, 3.05) is 6.61 Å². The first-order valence-corrected chi connectivity index (χ1v) is 7.13. The fraction of sp³-hybridized carbons (Fsp3) is 0.562. The molecule has 0 aliphatic carbocycles. The fourth-order valence-corrected chi connectivity index (χ4v) is 2.30. The summed E-state index contributed by atoms with van der Waals surface area (Å²) in [5.74, 6) is -0.371. The second-order valence-corrected chi connectivity index (χ2v) is 5.60. The first kappa shape index (κ1) is 16.7. The molecule has 0 aliphatic rings. The van der Waals surface area contributed by atoms with E-state index in [1.54, 1.807) is 0 Å². The lowest BCUT2D eigenvalue weighted by Gasteiger charge is -2.34. The first-order chi connectivity index (χ1) is 9.38. The van der Waals surface area contributed by atoms with Crippen LogP contribution in [0.5, 0.6) is 0 Å². The third kappa shape index (κ3) is 4.32. The molecule has 112 valence electrons. The van der Waals surface area contributed by atoms with Crippen molar-refractivity contribution in [2.24, 2.45) is 5.73 Å². The lowest BCUT2D eigenvalue weighted by molar-refractivity contribution is -0.126. The van der Waals surface area contributed by atoms with Gasteiger partial charge in [0.15, 0.2) is 0 Å². The van der Waals surface area contributed by atoms with Gasteiger partial charge in [-0.1, -0.05) is 30.3 Å². The van der Waals surface area contributed by atoms with Crippen LogP contribution >= 0.6 is 0 Å². The van der Waals surface area contributed by atoms with E-state index in [1.165, 1.54) is 0 Å². The highest BCUT2D eigenvalue weighted by Crippen LogP contribution is 2.26. The van der Waals surface area contributed by atoms with Gasteiger partial charge in [0.25, 0.3) is 0 Å². The minimum absolute atomic E-state index is 0.135. The third-order valence-electron chi connectivity index (χ3n) is 3.15. The Morgan fingerprint density at radius 2 is 1.85 bits per heavy atom. The molecule has 20 heavy (non-hydrogen) atoms. The van der Waals surface area contributed by atoms with Crippen molar-refractivity contribution in [1.29, 1.82) is 0 Å². The SMILES string of the molecule is CC(C)NC(CCOC(C)C)(C(N)=O)c1ccccc1. The number of benzene rings is 1. The van der Waals surface area contributed by atoms with Crippen LogP contribution in [0.25, 0.3) is 0 Å². The molecule has 1 aromatic carbocycles. The number of rotatable bonds is 8. The highest BCUT2D eigenvalue weighted by Gasteiger charge is 2.38. The van der Waals surface area contributed by atoms with Gasteiger partial charge in [-0.15, -0.1) is 0 Å². The fourth-order valence-electron chi connectivity index (χ4n) is 2.30. The Labute approximate surface area is 121 Å². The molecule has 1 aromatic rings. The first-order valence-electron chi connectivity index (χ1n) is 7.13. The average Bonchev–Trinajstić information content (AvgIpc) is 2.37. The highest BCUT2D eigenvalue weighted by molar-refractivity contribution is 5.86. The Hall–Kier alpha value is -1.39. The standard InChI is InChI=1S/C16H26N2O2/c1-12(2)18-16(15(17)19,10-11-20-13(3)4)14-8-6-5-7-9-14/h5-9,12-13,18H,10-11H2,1-4H3,(H2,17,19). The number of carbonyl (C=O) groups excluding carboxylic acids is 1. The molecule has 0 saturated heterocycles. The minimum atomic E-state index is -0.885. The van der Waals surface area contributed by atoms with E-state index < -0.39 is 5.54 Å². The molecular weight excluding hydrogens is 252 g/mol. The molecule has 1 unspecified atom stereocenters. The van der Waals surface area contributed by atoms with Gasteiger partial charge in [0.05, 0.1) is 6.10 Å². The van der Waals surface area contributed by atoms with E-state index in [4.69, 9.17) is 10.5 Å². The maximum atomic E-state index is 12.1. The van der Waals surface area contributed by atoms with E-state index >= 15 is 0 Å². The van der Waals surface area contributed by atoms with Crippen molar-refractivity contribution < 1.29 is 9.53 Å². The van der Waals surface area contributed by atoms with Crippen molar-refractivity contribution in [1.82, 2.24) is 5.32 Å². The number of carbonyl (C=O) groups is 1. The quantitative estimate of drug-likeness (QED) is 0.766. The van der Waals surface area contributed by atoms with Crippen LogP contribution in [0.2, 0.25) is 0 Å². The van der Waals surface area contributed by atoms with Gasteiger partial charge in [-0.05, 0) is 33.3 Å². The zero-order chi connectivity index (χ0) is 15.2. The lowest BCUT2D eigenvalue weighted by atomic mass is 9.85. The van der Waals surface area contributed by atoms with Gasteiger partial charge in [-0.2, -0.15) is 0 Å². The largest absolute Gasteiger partial charge is 0.379 e. The van der Waals surface area contributed by atoms with E-state index in [0.717, 1.165) is 5.56 Å². The molecule has 0 radical (unpaired) electrons. The summed E-state index contributed by atoms with van der Waals surface area (Å²) in [6.07, 6.45) is 0.651. The number of hydrogen-bond donors (Lipinski definition) is 2. The summed E-state index contributed by atoms with van der Waals surface area (Å²) in [5, 5.41) is 3.33. The van der Waals surface area contributed by atoms with Crippen LogP contribution in [-0.4, -0.2) is 24.7 Å². The number of nitrogens with one attached hydrogen (secondary N) is 1. The van der Waals surface area contributed by atoms with Gasteiger partial charge in [0.1, 0.15) is 5.54 Å². The van der Waals surface area contributed by atoms with Gasteiger partial charge >= 0.3 is 0 Å². The van der Waals surface area contributed by atoms with E-state index in [1.807, 2.05) is 58.0 Å². The average molecular weight is 278 g/mol. The number of ether oxygens (including phenoxy) is 1. The van der Waals surface area contributed by atoms with Gasteiger partial charge in [-0.3, -0.25) is 10.1 Å². The van der Waals surface area contributed by atoms with Crippen LogP contribution in [0, 0.1) is 0 Å². The van der Waals surface area contributed by atoms with Crippen molar-refractivity contribution in [3.63, 3.8) is 0 Å². The Balaban J connectivity index is 3.05. The summed E-state index contributed by atoms with van der Waals surface area (Å²) < 4.78 is 5.60. The molecule has 0 saturated carbocycles. The van der Waals surface area contributed by atoms with Crippen LogP contribution in [0.1, 0.15) is 39.7 Å². The zero-order valence-corrected chi connectivity index (χ0v) is 12.8. The lowest BCUT2D eigenvalue weighted by Crippen LogP contribution is -2.55. The van der Waals surface area contributed by atoms with Crippen LogP contribution in [-0.2, 0) is 15.1 Å². The monoisotopic (exact) mass is 278 g/mol. The molecule has 0 aromatic heterocycles. The van der Waals surface area contributed by atoms with Crippen molar-refractivity contribution >= 4 is 5.91 Å². The summed E-state index contributed by atoms with van der Waals surface area (Å²) >= 11 is 0. The van der Waals surface area contributed by atoms with Crippen molar-refractivity contribution in [3.8, 4) is 0 Å². The third-order valence-corrected chi connectivity index (χ3v) is 3.15. The van der Waals surface area contributed by atoms with E-state index in [-0.39, 0.29) is 18.1 Å². The normalized spacial score (nSPS) is 14.5. The summed E-state index contributed by atoms with van der Waals surface area (Å²) in [7, 11) is 0. The van der Waals surface area contributed by atoms with Crippen molar-refractivity contribution in [2.45, 2.75) is 51.8 Å². The van der Waals surface area contributed by atoms with Crippen molar-refractivity contribution in [3.05, 3.63) is 35.9 Å². The van der Waals surface area contributed by atoms with E-state index in [2.05, 4.69) is 5.32 Å². The van der Waals surface area contributed by atoms with Gasteiger partial charge in [0, 0.05) is 19.1 Å². The predicted octanol–water partition coefficient (Wildman–Crippen LogP) is 2.18. The number of nitrogens with two attached hydrogens (primary N) is 1. The summed E-state index contributed by atoms with van der Waals surface area (Å²) in [5.41, 5.74) is 5.71. The molecule has 4 heteroatoms. The Bertz CT molecular complexity index is 418. The minimum Gasteiger partial charge on any atom is -0.379 e. The zero-order valence-electron chi connectivity index (χ0n) is 12.8. The Morgan fingerprint density at radius 3 is 2.30 bits per heavy atom. The second kappa shape index (κ2) is 7.41.